The van der Waals surface area contributed by atoms with Crippen molar-refractivity contribution in [2.75, 3.05) is 13.1 Å². The molecule has 1 fully saturated rings. The van der Waals surface area contributed by atoms with E-state index in [1.54, 1.807) is 0 Å². The van der Waals surface area contributed by atoms with E-state index in [4.69, 9.17) is 4.43 Å². The highest BCUT2D eigenvalue weighted by Crippen LogP contribution is 2.38. The summed E-state index contributed by atoms with van der Waals surface area (Å²) in [5.41, 5.74) is 0. The van der Waals surface area contributed by atoms with Gasteiger partial charge in [-0.1, -0.05) is 87.5 Å². The van der Waals surface area contributed by atoms with Crippen LogP contribution in [0.1, 0.15) is 59.3 Å². The van der Waals surface area contributed by atoms with Gasteiger partial charge in [0.25, 0.3) is 8.32 Å². The van der Waals surface area contributed by atoms with Crippen molar-refractivity contribution < 1.29 is 9.22 Å². The van der Waals surface area contributed by atoms with Crippen molar-refractivity contribution in [2.45, 2.75) is 70.4 Å². The first kappa shape index (κ1) is 24.5. The molecule has 2 aromatic carbocycles. The lowest BCUT2D eigenvalue weighted by Crippen LogP contribution is -2.67. The number of benzene rings is 2. The smallest absolute Gasteiger partial charge is 0.261 e. The minimum atomic E-state index is -2.63. The van der Waals surface area contributed by atoms with Gasteiger partial charge in [0.1, 0.15) is 0 Å². The van der Waals surface area contributed by atoms with Crippen molar-refractivity contribution in [3.63, 3.8) is 0 Å². The minimum Gasteiger partial charge on any atom is -0.404 e. The van der Waals surface area contributed by atoms with Gasteiger partial charge in [-0.15, -0.1) is 6.58 Å². The molecule has 1 aliphatic rings. The minimum absolute atomic E-state index is 0.0193. The maximum Gasteiger partial charge on any atom is 0.261 e. The van der Waals surface area contributed by atoms with Gasteiger partial charge in [0.15, 0.2) is 0 Å². The summed E-state index contributed by atoms with van der Waals surface area (Å²) >= 11 is 0. The van der Waals surface area contributed by atoms with Gasteiger partial charge < -0.3 is 9.33 Å². The van der Waals surface area contributed by atoms with Crippen molar-refractivity contribution in [3.8, 4) is 0 Å². The lowest BCUT2D eigenvalue weighted by atomic mass is 10.1. The second-order valence-corrected chi connectivity index (χ2v) is 14.1. The Hall–Kier alpha value is -2.17. The number of rotatable bonds is 10. The zero-order valence-electron chi connectivity index (χ0n) is 20.1. The first-order chi connectivity index (χ1) is 15.4. The van der Waals surface area contributed by atoms with E-state index in [1.165, 1.54) is 10.4 Å². The Bertz CT molecular complexity index is 815. The van der Waals surface area contributed by atoms with Crippen LogP contribution in [-0.2, 0) is 9.22 Å². The van der Waals surface area contributed by atoms with Crippen LogP contribution in [0, 0.1) is 0 Å². The quantitative estimate of drug-likeness (QED) is 0.364. The van der Waals surface area contributed by atoms with Crippen LogP contribution in [-0.4, -0.2) is 38.3 Å². The van der Waals surface area contributed by atoms with E-state index in [-0.39, 0.29) is 17.0 Å². The Labute approximate surface area is 195 Å². The summed E-state index contributed by atoms with van der Waals surface area (Å²) in [6.45, 7) is 12.7. The second-order valence-electron chi connectivity index (χ2n) is 9.90. The molecule has 1 amide bonds. The molecule has 1 aliphatic heterocycles. The first-order valence-electron chi connectivity index (χ1n) is 12.1. The largest absolute Gasteiger partial charge is 0.404 e. The van der Waals surface area contributed by atoms with Crippen LogP contribution in [0.3, 0.4) is 0 Å². The van der Waals surface area contributed by atoms with Gasteiger partial charge in [-0.3, -0.25) is 4.79 Å². The number of hydrogen-bond donors (Lipinski definition) is 0. The van der Waals surface area contributed by atoms with E-state index in [9.17, 15) is 4.79 Å². The second kappa shape index (κ2) is 11.1. The summed E-state index contributed by atoms with van der Waals surface area (Å²) in [6.07, 6.45) is 7.33. The third-order valence-corrected chi connectivity index (χ3v) is 11.7. The van der Waals surface area contributed by atoms with Crippen molar-refractivity contribution in [2.24, 2.45) is 0 Å². The predicted molar refractivity (Wildman–Crippen MR) is 137 cm³/mol. The highest BCUT2D eigenvalue weighted by Gasteiger charge is 2.51. The third kappa shape index (κ3) is 5.60. The summed E-state index contributed by atoms with van der Waals surface area (Å²) in [5, 5.41) is 2.50. The Balaban J connectivity index is 1.95. The molecule has 0 saturated carbocycles. The van der Waals surface area contributed by atoms with Crippen molar-refractivity contribution in [1.82, 2.24) is 4.90 Å². The maximum atomic E-state index is 12.8. The van der Waals surface area contributed by atoms with Crippen LogP contribution in [0.15, 0.2) is 73.3 Å². The van der Waals surface area contributed by atoms with Crippen LogP contribution in [0.5, 0.6) is 0 Å². The molecule has 1 atom stereocenters. The number of hydrogen-bond acceptors (Lipinski definition) is 2. The molecule has 0 aromatic heterocycles. The molecule has 3 nitrogen and oxygen atoms in total. The average Bonchev–Trinajstić information content (AvgIpc) is 3.34. The Morgan fingerprint density at radius 3 is 2.00 bits per heavy atom. The number of amides is 1. The fraction of sp³-hybridized carbons (Fsp3) is 0.464. The number of allylic oxidation sites excluding steroid dienone is 1. The highest BCUT2D eigenvalue weighted by molar-refractivity contribution is 6.99. The molecule has 2 aromatic rings. The van der Waals surface area contributed by atoms with E-state index in [0.29, 0.717) is 6.42 Å². The number of carbonyl (C=O) groups is 1. The van der Waals surface area contributed by atoms with Crippen LogP contribution in [0.4, 0.5) is 0 Å². The normalized spacial score (nSPS) is 15.5. The van der Waals surface area contributed by atoms with Gasteiger partial charge in [0, 0.05) is 25.6 Å². The lowest BCUT2D eigenvalue weighted by molar-refractivity contribution is -0.130. The molecule has 172 valence electrons. The summed E-state index contributed by atoms with van der Waals surface area (Å²) in [4.78, 5) is 14.8. The maximum absolute atomic E-state index is 12.8. The van der Waals surface area contributed by atoms with Crippen molar-refractivity contribution in [1.29, 1.82) is 0 Å². The predicted octanol–water partition coefficient (Wildman–Crippen LogP) is 5.30. The summed E-state index contributed by atoms with van der Waals surface area (Å²) < 4.78 is 7.31. The fourth-order valence-corrected chi connectivity index (χ4v) is 9.67. The zero-order chi connectivity index (χ0) is 23.0. The monoisotopic (exact) mass is 449 g/mol. The molecule has 0 radical (unpaired) electrons. The summed E-state index contributed by atoms with van der Waals surface area (Å²) in [7, 11) is -2.63. The molecular weight excluding hydrogens is 410 g/mol. The SMILES string of the molecule is C=CCC[C@@H](CCC(=O)N1CCCC1)O[Si](c1ccccc1)(c1ccccc1)C(C)(C)C. The number of nitrogens with zero attached hydrogens (tertiary/aromatic N) is 1. The standard InChI is InChI=1S/C28H39NO2Si/c1-5-6-15-24(20-21-27(30)29-22-13-14-23-29)31-32(28(2,3)4,25-16-9-7-10-17-25)26-18-11-8-12-19-26/h5,7-12,16-19,24H,1,6,13-15,20-23H2,2-4H3/t24-/m0/s1. The lowest BCUT2D eigenvalue weighted by Gasteiger charge is -2.45. The Morgan fingerprint density at radius 1 is 1.00 bits per heavy atom. The van der Waals surface area contributed by atoms with Crippen LogP contribution in [0.2, 0.25) is 5.04 Å². The molecule has 4 heteroatoms. The summed E-state index contributed by atoms with van der Waals surface area (Å²) in [5.74, 6) is 0.275. The molecule has 0 N–H and O–H groups in total. The van der Waals surface area contributed by atoms with Gasteiger partial charge >= 0.3 is 0 Å². The van der Waals surface area contributed by atoms with E-state index in [0.717, 1.165) is 45.2 Å². The molecule has 0 spiro atoms. The van der Waals surface area contributed by atoms with Crippen molar-refractivity contribution >= 4 is 24.6 Å². The van der Waals surface area contributed by atoms with Crippen LogP contribution in [0.25, 0.3) is 0 Å². The molecule has 3 rings (SSSR count). The Morgan fingerprint density at radius 2 is 1.53 bits per heavy atom. The summed E-state index contributed by atoms with van der Waals surface area (Å²) in [6, 6.07) is 21.5. The van der Waals surface area contributed by atoms with E-state index < -0.39 is 8.32 Å². The number of carbonyl (C=O) groups excluding carboxylic acids is 1. The fourth-order valence-electron chi connectivity index (χ4n) is 4.92. The highest BCUT2D eigenvalue weighted by atomic mass is 28.4. The Kier molecular flexibility index (Phi) is 8.49. The van der Waals surface area contributed by atoms with E-state index in [2.05, 4.69) is 88.0 Å². The van der Waals surface area contributed by atoms with E-state index >= 15 is 0 Å². The molecule has 0 aliphatic carbocycles. The molecule has 32 heavy (non-hydrogen) atoms. The molecule has 1 heterocycles. The van der Waals surface area contributed by atoms with Gasteiger partial charge in [0.2, 0.25) is 5.91 Å². The third-order valence-electron chi connectivity index (χ3n) is 6.59. The molecular formula is C28H39NO2Si. The van der Waals surface area contributed by atoms with Gasteiger partial charge in [-0.25, -0.2) is 0 Å². The molecule has 0 bridgehead atoms. The zero-order valence-corrected chi connectivity index (χ0v) is 21.1. The van der Waals surface area contributed by atoms with Gasteiger partial charge in [-0.05, 0) is 47.5 Å². The number of likely N-dealkylation sites (tertiary alicyclic amines) is 1. The molecule has 1 saturated heterocycles. The molecule has 0 unspecified atom stereocenters. The topological polar surface area (TPSA) is 29.5 Å². The van der Waals surface area contributed by atoms with Crippen LogP contribution < -0.4 is 10.4 Å². The average molecular weight is 450 g/mol. The van der Waals surface area contributed by atoms with Gasteiger partial charge in [0.05, 0.1) is 0 Å². The first-order valence-corrected chi connectivity index (χ1v) is 14.0. The van der Waals surface area contributed by atoms with Gasteiger partial charge in [-0.2, -0.15) is 0 Å². The van der Waals surface area contributed by atoms with E-state index in [1.807, 2.05) is 11.0 Å². The van der Waals surface area contributed by atoms with Crippen molar-refractivity contribution in [3.05, 3.63) is 73.3 Å². The van der Waals surface area contributed by atoms with Crippen LogP contribution >= 0.6 is 0 Å².